The summed E-state index contributed by atoms with van der Waals surface area (Å²) in [6.07, 6.45) is 10.3. The second-order valence-corrected chi connectivity index (χ2v) is 10.7. The molecular formula is C36H40N2O4. The molecule has 0 saturated heterocycles. The summed E-state index contributed by atoms with van der Waals surface area (Å²) < 4.78 is 0. The van der Waals surface area contributed by atoms with Crippen LogP contribution in [0, 0.1) is 0 Å². The van der Waals surface area contributed by atoms with E-state index in [-0.39, 0.29) is 5.56 Å². The highest BCUT2D eigenvalue weighted by atomic mass is 16.4. The summed E-state index contributed by atoms with van der Waals surface area (Å²) in [5.74, 6) is -1.92. The van der Waals surface area contributed by atoms with Crippen molar-refractivity contribution < 1.29 is 19.8 Å². The smallest absolute Gasteiger partial charge is 0.336 e. The lowest BCUT2D eigenvalue weighted by molar-refractivity contribution is 0.0686. The molecule has 1 aliphatic rings. The van der Waals surface area contributed by atoms with Crippen LogP contribution in [0.1, 0.15) is 44.7 Å². The van der Waals surface area contributed by atoms with E-state index < -0.39 is 11.9 Å². The van der Waals surface area contributed by atoms with Gasteiger partial charge in [0.25, 0.3) is 0 Å². The number of hydrogen-bond acceptors (Lipinski definition) is 4. The van der Waals surface area contributed by atoms with Gasteiger partial charge in [0.15, 0.2) is 0 Å². The van der Waals surface area contributed by atoms with Crippen LogP contribution in [-0.2, 0) is 12.8 Å². The highest BCUT2D eigenvalue weighted by Crippen LogP contribution is 2.51. The Morgan fingerprint density at radius 1 is 0.690 bits per heavy atom. The number of carboxylic acids is 2. The van der Waals surface area contributed by atoms with Crippen molar-refractivity contribution in [3.8, 4) is 22.3 Å². The normalized spacial score (nSPS) is 11.6. The van der Waals surface area contributed by atoms with E-state index in [4.69, 9.17) is 0 Å². The van der Waals surface area contributed by atoms with Crippen molar-refractivity contribution in [3.05, 3.63) is 109 Å². The van der Waals surface area contributed by atoms with Crippen LogP contribution in [0.5, 0.6) is 0 Å². The molecule has 0 spiro atoms. The van der Waals surface area contributed by atoms with Crippen molar-refractivity contribution in [2.45, 2.75) is 25.7 Å². The second kappa shape index (κ2) is 14.1. The Morgan fingerprint density at radius 2 is 1.26 bits per heavy atom. The number of benzene rings is 3. The molecule has 42 heavy (non-hydrogen) atoms. The number of carbonyl (C=O) groups is 2. The summed E-state index contributed by atoms with van der Waals surface area (Å²) in [6, 6.07) is 11.0. The van der Waals surface area contributed by atoms with Gasteiger partial charge >= 0.3 is 11.9 Å². The van der Waals surface area contributed by atoms with Gasteiger partial charge in [0.2, 0.25) is 0 Å². The average Bonchev–Trinajstić information content (AvgIpc) is 3.29. The molecule has 0 atom stereocenters. The Labute approximate surface area is 248 Å². The van der Waals surface area contributed by atoms with Gasteiger partial charge < -0.3 is 10.2 Å². The Morgan fingerprint density at radius 3 is 1.79 bits per heavy atom. The lowest BCUT2D eigenvalue weighted by Crippen LogP contribution is -2.26. The molecule has 0 amide bonds. The predicted molar refractivity (Wildman–Crippen MR) is 173 cm³/mol. The third-order valence-electron chi connectivity index (χ3n) is 7.94. The molecule has 3 aromatic carbocycles. The fraction of sp³-hybridized carbons (Fsp3) is 0.278. The fourth-order valence-corrected chi connectivity index (χ4v) is 6.29. The van der Waals surface area contributed by atoms with Crippen LogP contribution in [0.4, 0.5) is 0 Å². The minimum absolute atomic E-state index is 0.220. The minimum Gasteiger partial charge on any atom is -0.478 e. The summed E-state index contributed by atoms with van der Waals surface area (Å²) in [7, 11) is 0. The molecule has 218 valence electrons. The second-order valence-electron chi connectivity index (χ2n) is 10.7. The lowest BCUT2D eigenvalue weighted by atomic mass is 9.84. The minimum atomic E-state index is -0.983. The van der Waals surface area contributed by atoms with Crippen molar-refractivity contribution in [2.24, 2.45) is 0 Å². The van der Waals surface area contributed by atoms with Crippen LogP contribution in [0.3, 0.4) is 0 Å². The molecule has 0 fully saturated rings. The fourth-order valence-electron chi connectivity index (χ4n) is 6.29. The summed E-state index contributed by atoms with van der Waals surface area (Å²) in [4.78, 5) is 29.4. The van der Waals surface area contributed by atoms with E-state index in [0.717, 1.165) is 90.9 Å². The molecule has 0 radical (unpaired) electrons. The van der Waals surface area contributed by atoms with E-state index in [2.05, 4.69) is 36.1 Å². The number of fused-ring (bicyclic) bond motifs is 3. The first-order chi connectivity index (χ1) is 20.4. The van der Waals surface area contributed by atoms with Crippen LogP contribution >= 0.6 is 0 Å². The molecule has 1 aliphatic carbocycles. The van der Waals surface area contributed by atoms with Crippen molar-refractivity contribution in [1.29, 1.82) is 0 Å². The average molecular weight is 565 g/mol. The Balaban J connectivity index is 1.88. The first-order valence-electron chi connectivity index (χ1n) is 14.5. The monoisotopic (exact) mass is 564 g/mol. The highest BCUT2D eigenvalue weighted by Gasteiger charge is 2.31. The molecule has 6 nitrogen and oxygen atoms in total. The number of carboxylic acid groups (broad SMARTS) is 2. The van der Waals surface area contributed by atoms with Crippen molar-refractivity contribution in [2.75, 3.05) is 39.3 Å². The van der Waals surface area contributed by atoms with Gasteiger partial charge in [-0.1, -0.05) is 48.6 Å². The van der Waals surface area contributed by atoms with Gasteiger partial charge in [0, 0.05) is 26.2 Å². The predicted octanol–water partition coefficient (Wildman–Crippen LogP) is 7.10. The third-order valence-corrected chi connectivity index (χ3v) is 7.94. The summed E-state index contributed by atoms with van der Waals surface area (Å²) >= 11 is 0. The van der Waals surface area contributed by atoms with Gasteiger partial charge in [-0.3, -0.25) is 9.80 Å². The molecule has 0 aromatic heterocycles. The van der Waals surface area contributed by atoms with E-state index in [9.17, 15) is 19.8 Å². The van der Waals surface area contributed by atoms with Gasteiger partial charge in [-0.25, -0.2) is 9.59 Å². The van der Waals surface area contributed by atoms with Crippen molar-refractivity contribution in [3.63, 3.8) is 0 Å². The number of aromatic carboxylic acids is 2. The zero-order valence-electron chi connectivity index (χ0n) is 24.3. The maximum atomic E-state index is 13.0. The van der Waals surface area contributed by atoms with E-state index in [1.165, 1.54) is 0 Å². The van der Waals surface area contributed by atoms with E-state index >= 15 is 0 Å². The Hall–Kier alpha value is -4.26. The molecule has 0 aliphatic heterocycles. The third kappa shape index (κ3) is 6.30. The van der Waals surface area contributed by atoms with Crippen LogP contribution in [0.25, 0.3) is 33.0 Å². The van der Waals surface area contributed by atoms with Crippen LogP contribution in [0.15, 0.2) is 87.0 Å². The molecule has 0 saturated carbocycles. The lowest BCUT2D eigenvalue weighted by Gasteiger charge is -2.23. The van der Waals surface area contributed by atoms with Gasteiger partial charge in [-0.15, -0.1) is 26.3 Å². The van der Waals surface area contributed by atoms with E-state index in [1.54, 1.807) is 12.1 Å². The molecule has 6 heteroatoms. The highest BCUT2D eigenvalue weighted by molar-refractivity contribution is 6.21. The van der Waals surface area contributed by atoms with E-state index in [0.29, 0.717) is 23.8 Å². The van der Waals surface area contributed by atoms with Crippen LogP contribution in [-0.4, -0.2) is 71.2 Å². The molecular weight excluding hydrogens is 524 g/mol. The first kappa shape index (κ1) is 30.7. The Kier molecular flexibility index (Phi) is 10.3. The number of nitrogens with zero attached hydrogens (tertiary/aromatic N) is 2. The van der Waals surface area contributed by atoms with Crippen molar-refractivity contribution >= 4 is 22.7 Å². The topological polar surface area (TPSA) is 81.1 Å². The van der Waals surface area contributed by atoms with E-state index in [1.807, 2.05) is 48.6 Å². The largest absolute Gasteiger partial charge is 0.478 e. The maximum Gasteiger partial charge on any atom is 0.336 e. The molecule has 2 N–H and O–H groups in total. The molecule has 0 bridgehead atoms. The van der Waals surface area contributed by atoms with Gasteiger partial charge in [0.05, 0.1) is 11.1 Å². The van der Waals surface area contributed by atoms with Crippen LogP contribution in [0.2, 0.25) is 0 Å². The SMILES string of the molecule is C=CCN(CC=C)CCCc1c(CCCN(CC=C)CC=C)c2c3c(cccc3c1C(=O)O)-c1ccc(C(=O)O)cc1-2. The molecule has 4 rings (SSSR count). The summed E-state index contributed by atoms with van der Waals surface area (Å²) in [5, 5.41) is 22.0. The molecule has 3 aromatic rings. The Bertz CT molecular complexity index is 1520. The zero-order valence-corrected chi connectivity index (χ0v) is 24.3. The first-order valence-corrected chi connectivity index (χ1v) is 14.5. The van der Waals surface area contributed by atoms with Gasteiger partial charge in [-0.2, -0.15) is 0 Å². The maximum absolute atomic E-state index is 13.0. The molecule has 0 unspecified atom stereocenters. The van der Waals surface area contributed by atoms with Crippen molar-refractivity contribution in [1.82, 2.24) is 9.80 Å². The summed E-state index contributed by atoms with van der Waals surface area (Å²) in [5.41, 5.74) is 6.15. The molecule has 0 heterocycles. The van der Waals surface area contributed by atoms with Crippen LogP contribution < -0.4 is 0 Å². The standard InChI is InChI=1S/C36H40N2O4/c1-5-18-37(19-6-2)22-10-14-28-29(15-11-23-38(20-7-3)21-8-4)34(36(41)42)30-13-9-12-27-26-17-16-25(35(39)40)24-31(26)33(28)32(27)30/h5-9,12-13,16-17,24H,1-4,10-11,14-15,18-23H2,(H,39,40)(H,41,42). The van der Waals surface area contributed by atoms with Gasteiger partial charge in [0.1, 0.15) is 0 Å². The number of hydrogen-bond donors (Lipinski definition) is 2. The quantitative estimate of drug-likeness (QED) is 0.126. The number of rotatable bonds is 18. The summed E-state index contributed by atoms with van der Waals surface area (Å²) in [6.45, 7) is 20.0. The van der Waals surface area contributed by atoms with Gasteiger partial charge in [-0.05, 0) is 95.1 Å². The zero-order chi connectivity index (χ0) is 30.2.